The summed E-state index contributed by atoms with van der Waals surface area (Å²) in [6.45, 7) is 1.27. The molecule has 15 heteroatoms. The van der Waals surface area contributed by atoms with E-state index in [2.05, 4.69) is 20.6 Å². The van der Waals surface area contributed by atoms with E-state index in [9.17, 15) is 27.9 Å². The number of carbonyl (C=O) groups excluding carboxylic acids is 1. The highest BCUT2D eigenvalue weighted by molar-refractivity contribution is 7.89. The van der Waals surface area contributed by atoms with Gasteiger partial charge in [-0.1, -0.05) is 5.21 Å². The normalized spacial score (nSPS) is 20.1. The number of aliphatic hydroxyl groups excluding tert-OH is 1. The lowest BCUT2D eigenvalue weighted by Crippen LogP contribution is -2.33. The average molecular weight is 506 g/mol. The van der Waals surface area contributed by atoms with E-state index in [1.807, 2.05) is 0 Å². The van der Waals surface area contributed by atoms with Crippen LogP contribution in [-0.4, -0.2) is 56.7 Å². The summed E-state index contributed by atoms with van der Waals surface area (Å²) < 4.78 is 31.2. The first-order valence-corrected chi connectivity index (χ1v) is 12.0. The molecule has 35 heavy (non-hydrogen) atoms. The molecule has 1 aliphatic rings. The summed E-state index contributed by atoms with van der Waals surface area (Å²) >= 11 is 0. The lowest BCUT2D eigenvalue weighted by molar-refractivity contribution is -0.0323. The molecule has 3 aromatic rings. The number of aromatic nitrogens is 5. The summed E-state index contributed by atoms with van der Waals surface area (Å²) in [5.74, 6) is -0.453. The fourth-order valence-electron chi connectivity index (χ4n) is 3.75. The second-order valence-electron chi connectivity index (χ2n) is 8.04. The largest absolute Gasteiger partial charge is 0.394 e. The van der Waals surface area contributed by atoms with Crippen molar-refractivity contribution < 1.29 is 23.1 Å². The monoisotopic (exact) mass is 505 g/mol. The van der Waals surface area contributed by atoms with Gasteiger partial charge in [0.05, 0.1) is 30.3 Å². The van der Waals surface area contributed by atoms with Crippen LogP contribution in [0.1, 0.15) is 40.3 Å². The summed E-state index contributed by atoms with van der Waals surface area (Å²) in [5.41, 5.74) is -0.101. The Morgan fingerprint density at radius 3 is 2.66 bits per heavy atom. The third-order valence-electron chi connectivity index (χ3n) is 5.61. The maximum Gasteiger partial charge on any atom is 0.330 e. The molecule has 0 saturated carbocycles. The van der Waals surface area contributed by atoms with E-state index in [0.717, 1.165) is 0 Å². The van der Waals surface area contributed by atoms with E-state index in [0.29, 0.717) is 11.3 Å². The number of sulfonamides is 1. The number of aliphatic hydroxyl groups is 1. The van der Waals surface area contributed by atoms with Crippen molar-refractivity contribution in [2.75, 3.05) is 6.61 Å². The van der Waals surface area contributed by atoms with Gasteiger partial charge in [-0.2, -0.15) is 0 Å². The van der Waals surface area contributed by atoms with Gasteiger partial charge in [0.1, 0.15) is 18.0 Å². The number of hydrogen-bond donors (Lipinski definition) is 4. The molecule has 0 spiro atoms. The van der Waals surface area contributed by atoms with Crippen LogP contribution in [0.5, 0.6) is 0 Å². The van der Waals surface area contributed by atoms with E-state index in [1.165, 1.54) is 39.7 Å². The van der Waals surface area contributed by atoms with Crippen LogP contribution in [0, 0.1) is 6.92 Å². The van der Waals surface area contributed by atoms with E-state index in [4.69, 9.17) is 9.88 Å². The molecule has 0 bridgehead atoms. The van der Waals surface area contributed by atoms with Crippen LogP contribution >= 0.6 is 0 Å². The van der Waals surface area contributed by atoms with Gasteiger partial charge in [0.15, 0.2) is 0 Å². The Hall–Kier alpha value is -3.66. The van der Waals surface area contributed by atoms with E-state index >= 15 is 0 Å². The van der Waals surface area contributed by atoms with Crippen LogP contribution in [0.25, 0.3) is 0 Å². The second-order valence-corrected chi connectivity index (χ2v) is 9.60. The minimum absolute atomic E-state index is 0.0368. The van der Waals surface area contributed by atoms with Crippen molar-refractivity contribution in [3.8, 4) is 0 Å². The van der Waals surface area contributed by atoms with E-state index in [1.54, 1.807) is 13.1 Å². The van der Waals surface area contributed by atoms with Crippen LogP contribution in [0.2, 0.25) is 0 Å². The summed E-state index contributed by atoms with van der Waals surface area (Å²) in [7, 11) is -3.86. The van der Waals surface area contributed by atoms with Gasteiger partial charge in [-0.3, -0.25) is 19.1 Å². The Balaban J connectivity index is 1.43. The number of hydrogen-bond acceptors (Lipinski definition) is 9. The number of benzene rings is 1. The molecule has 0 aliphatic carbocycles. The molecule has 186 valence electrons. The number of carbonyl (C=O) groups is 1. The van der Waals surface area contributed by atoms with Crippen LogP contribution in [-0.2, 0) is 21.3 Å². The first-order chi connectivity index (χ1) is 16.6. The third kappa shape index (κ3) is 5.22. The first kappa shape index (κ1) is 24.5. The number of primary sulfonamides is 1. The van der Waals surface area contributed by atoms with Crippen molar-refractivity contribution in [1.29, 1.82) is 0 Å². The Morgan fingerprint density at radius 1 is 1.29 bits per heavy atom. The van der Waals surface area contributed by atoms with Gasteiger partial charge in [-0.25, -0.2) is 23.0 Å². The molecule has 1 saturated heterocycles. The average Bonchev–Trinajstić information content (AvgIpc) is 3.46. The summed E-state index contributed by atoms with van der Waals surface area (Å²) in [5, 5.41) is 25.6. The van der Waals surface area contributed by atoms with Crippen molar-refractivity contribution in [1.82, 2.24) is 29.9 Å². The number of aromatic amines is 1. The first-order valence-electron chi connectivity index (χ1n) is 10.5. The molecule has 5 N–H and O–H groups in total. The molecular formula is C20H23N7O7S. The predicted octanol–water partition coefficient (Wildman–Crippen LogP) is -1.46. The Morgan fingerprint density at radius 2 is 2.00 bits per heavy atom. The molecule has 3 atom stereocenters. The third-order valence-corrected chi connectivity index (χ3v) is 6.54. The quantitative estimate of drug-likeness (QED) is 0.295. The van der Waals surface area contributed by atoms with Crippen molar-refractivity contribution in [3.63, 3.8) is 0 Å². The molecule has 2 aromatic heterocycles. The highest BCUT2D eigenvalue weighted by Gasteiger charge is 2.38. The van der Waals surface area contributed by atoms with E-state index < -0.39 is 45.6 Å². The number of aryl methyl sites for hydroxylation is 1. The lowest BCUT2D eigenvalue weighted by Gasteiger charge is -2.15. The Kier molecular flexibility index (Phi) is 6.66. The van der Waals surface area contributed by atoms with E-state index in [-0.39, 0.29) is 30.0 Å². The van der Waals surface area contributed by atoms with Crippen molar-refractivity contribution >= 4 is 15.9 Å². The van der Waals surface area contributed by atoms with Gasteiger partial charge in [0.2, 0.25) is 10.0 Å². The fourth-order valence-corrected chi connectivity index (χ4v) is 4.27. The molecule has 0 unspecified atom stereocenters. The van der Waals surface area contributed by atoms with Crippen LogP contribution in [0.15, 0.2) is 51.1 Å². The minimum Gasteiger partial charge on any atom is -0.394 e. The molecule has 1 aromatic carbocycles. The maximum absolute atomic E-state index is 12.4. The van der Waals surface area contributed by atoms with Gasteiger partial charge < -0.3 is 15.2 Å². The summed E-state index contributed by atoms with van der Waals surface area (Å²) in [6, 6.07) is 4.71. The Labute approximate surface area is 198 Å². The number of nitrogens with one attached hydrogen (secondary N) is 2. The molecule has 14 nitrogen and oxygen atoms in total. The molecule has 1 aliphatic heterocycles. The minimum atomic E-state index is -3.86. The van der Waals surface area contributed by atoms with Gasteiger partial charge in [0, 0.05) is 23.7 Å². The van der Waals surface area contributed by atoms with Gasteiger partial charge in [-0.05, 0) is 31.2 Å². The highest BCUT2D eigenvalue weighted by Crippen LogP contribution is 2.35. The van der Waals surface area contributed by atoms with Crippen LogP contribution in [0.3, 0.4) is 0 Å². The predicted molar refractivity (Wildman–Crippen MR) is 120 cm³/mol. The van der Waals surface area contributed by atoms with Gasteiger partial charge in [-0.15, -0.1) is 5.10 Å². The zero-order valence-corrected chi connectivity index (χ0v) is 19.3. The lowest BCUT2D eigenvalue weighted by atomic mass is 10.1. The zero-order valence-electron chi connectivity index (χ0n) is 18.5. The number of H-pyrrole nitrogens is 1. The number of nitrogens with zero attached hydrogens (tertiary/aromatic N) is 4. The zero-order chi connectivity index (χ0) is 25.3. The molecule has 1 amide bonds. The number of amides is 1. The van der Waals surface area contributed by atoms with Gasteiger partial charge >= 0.3 is 5.69 Å². The van der Waals surface area contributed by atoms with Crippen LogP contribution in [0.4, 0.5) is 0 Å². The van der Waals surface area contributed by atoms with Crippen LogP contribution < -0.4 is 21.7 Å². The van der Waals surface area contributed by atoms with Gasteiger partial charge in [0.25, 0.3) is 11.5 Å². The molecule has 3 heterocycles. The summed E-state index contributed by atoms with van der Waals surface area (Å²) in [4.78, 5) is 38.3. The molecule has 0 radical (unpaired) electrons. The maximum atomic E-state index is 12.4. The van der Waals surface area contributed by atoms with Crippen molar-refractivity contribution in [2.45, 2.75) is 43.2 Å². The fraction of sp³-hybridized carbons (Fsp3) is 0.350. The van der Waals surface area contributed by atoms with Crippen molar-refractivity contribution in [3.05, 3.63) is 74.3 Å². The second kappa shape index (κ2) is 9.53. The molecule has 4 rings (SSSR count). The molecular weight excluding hydrogens is 482 g/mol. The molecule has 1 fully saturated rings. The topological polar surface area (TPSA) is 204 Å². The standard InChI is InChI=1S/C20H23N7O7S/c1-11-8-26(20(31)23-18(11)29)17-6-15(16(10-28)34-17)27-9-13(24-25-27)7-22-19(30)12-2-4-14(5-3-12)35(21,32)33/h2-5,8-9,15-17,28H,6-7,10H2,1H3,(H,22,30)(H2,21,32,33)(H,23,29,31)/t15-,16+,17+/m0/s1. The van der Waals surface area contributed by atoms with Crippen molar-refractivity contribution in [2.24, 2.45) is 5.14 Å². The number of ether oxygens (including phenoxy) is 1. The number of nitrogens with two attached hydrogens (primary N) is 1. The Bertz CT molecular complexity index is 1460. The smallest absolute Gasteiger partial charge is 0.330 e. The number of rotatable bonds is 7. The summed E-state index contributed by atoms with van der Waals surface area (Å²) in [6.07, 6.45) is 1.86. The highest BCUT2D eigenvalue weighted by atomic mass is 32.2. The SMILES string of the molecule is Cc1cn([C@H]2C[C@H](n3cc(CNC(=O)c4ccc(S(N)(=O)=O)cc4)nn3)[C@@H](CO)O2)c(=O)[nH]c1=O.